The third-order valence-electron chi connectivity index (χ3n) is 2.51. The zero-order chi connectivity index (χ0) is 15.8. The largest absolute Gasteiger partial charge is 0.416 e. The first kappa shape index (κ1) is 15.8. The molecule has 0 amide bonds. The van der Waals surface area contributed by atoms with Gasteiger partial charge in [0.25, 0.3) is 15.9 Å². The van der Waals surface area contributed by atoms with Gasteiger partial charge in [-0.25, -0.2) is 13.1 Å². The van der Waals surface area contributed by atoms with E-state index >= 15 is 0 Å². The molecule has 0 atom stereocenters. The molecule has 1 aromatic heterocycles. The van der Waals surface area contributed by atoms with Gasteiger partial charge in [-0.3, -0.25) is 0 Å². The summed E-state index contributed by atoms with van der Waals surface area (Å²) in [5, 5.41) is 3.54. The number of aryl methyl sites for hydroxylation is 1. The molecule has 0 aliphatic heterocycles. The van der Waals surface area contributed by atoms with Crippen molar-refractivity contribution < 1.29 is 26.1 Å². The molecule has 1 N–H and O–H groups in total. The van der Waals surface area contributed by atoms with Crippen molar-refractivity contribution >= 4 is 31.8 Å². The molecule has 0 fully saturated rings. The molecule has 0 bridgehead atoms. The van der Waals surface area contributed by atoms with E-state index in [9.17, 15) is 21.6 Å². The van der Waals surface area contributed by atoms with Crippen molar-refractivity contribution in [2.24, 2.45) is 0 Å². The van der Waals surface area contributed by atoms with E-state index in [1.807, 2.05) is 0 Å². The molecular formula is C11H8BrF3N2O3S. The number of nitrogens with zero attached hydrogens (tertiary/aromatic N) is 1. The van der Waals surface area contributed by atoms with E-state index in [4.69, 9.17) is 4.52 Å². The van der Waals surface area contributed by atoms with Crippen molar-refractivity contribution in [3.8, 4) is 0 Å². The molecule has 0 saturated heterocycles. The molecule has 21 heavy (non-hydrogen) atoms. The monoisotopic (exact) mass is 384 g/mol. The molecule has 0 aliphatic rings. The first-order valence-electron chi connectivity index (χ1n) is 5.43. The number of halogens is 4. The average Bonchev–Trinajstić information content (AvgIpc) is 2.69. The van der Waals surface area contributed by atoms with Gasteiger partial charge in [-0.2, -0.15) is 13.2 Å². The second-order valence-electron chi connectivity index (χ2n) is 4.04. The summed E-state index contributed by atoms with van der Waals surface area (Å²) in [5.41, 5.74) is -0.502. The second-order valence-corrected chi connectivity index (χ2v) is 6.51. The van der Waals surface area contributed by atoms with E-state index in [1.165, 1.54) is 0 Å². The SMILES string of the molecule is Cc1noc(NS(=O)(=O)c2ccc(C(F)(F)F)cc2)c1Br. The summed E-state index contributed by atoms with van der Waals surface area (Å²) in [7, 11) is -4.07. The summed E-state index contributed by atoms with van der Waals surface area (Å²) in [6, 6.07) is 3.11. The van der Waals surface area contributed by atoms with Crippen LogP contribution in [0.1, 0.15) is 11.3 Å². The first-order chi connectivity index (χ1) is 9.61. The van der Waals surface area contributed by atoms with Crippen molar-refractivity contribution in [2.75, 3.05) is 4.72 Å². The van der Waals surface area contributed by atoms with Gasteiger partial charge in [-0.1, -0.05) is 5.16 Å². The van der Waals surface area contributed by atoms with E-state index < -0.39 is 21.8 Å². The van der Waals surface area contributed by atoms with Crippen LogP contribution in [0, 0.1) is 6.92 Å². The van der Waals surface area contributed by atoms with Crippen LogP contribution in [-0.2, 0) is 16.2 Å². The van der Waals surface area contributed by atoms with Crippen LogP contribution >= 0.6 is 15.9 Å². The van der Waals surface area contributed by atoms with E-state index in [1.54, 1.807) is 6.92 Å². The van der Waals surface area contributed by atoms with Gasteiger partial charge in [0.05, 0.1) is 16.2 Å². The lowest BCUT2D eigenvalue weighted by molar-refractivity contribution is -0.137. The quantitative estimate of drug-likeness (QED) is 0.877. The van der Waals surface area contributed by atoms with Gasteiger partial charge in [0.1, 0.15) is 4.47 Å². The van der Waals surface area contributed by atoms with Crippen LogP contribution in [0.5, 0.6) is 0 Å². The van der Waals surface area contributed by atoms with Crippen molar-refractivity contribution in [2.45, 2.75) is 18.0 Å². The molecule has 0 unspecified atom stereocenters. The van der Waals surface area contributed by atoms with Gasteiger partial charge in [0.15, 0.2) is 0 Å². The lowest BCUT2D eigenvalue weighted by Gasteiger charge is -2.08. The summed E-state index contributed by atoms with van der Waals surface area (Å²) in [6.45, 7) is 1.59. The van der Waals surface area contributed by atoms with Crippen LogP contribution in [-0.4, -0.2) is 13.6 Å². The van der Waals surface area contributed by atoms with E-state index in [-0.39, 0.29) is 10.8 Å². The number of hydrogen-bond acceptors (Lipinski definition) is 4. The third-order valence-corrected chi connectivity index (χ3v) is 4.79. The summed E-state index contributed by atoms with van der Waals surface area (Å²) in [6.07, 6.45) is -4.53. The molecule has 1 aromatic carbocycles. The number of aromatic nitrogens is 1. The molecule has 0 aliphatic carbocycles. The molecule has 2 aromatic rings. The Balaban J connectivity index is 2.30. The van der Waals surface area contributed by atoms with Crippen LogP contribution in [0.4, 0.5) is 19.1 Å². The maximum atomic E-state index is 12.4. The predicted molar refractivity (Wildman–Crippen MR) is 71.2 cm³/mol. The van der Waals surface area contributed by atoms with Crippen molar-refractivity contribution in [1.29, 1.82) is 0 Å². The summed E-state index contributed by atoms with van der Waals surface area (Å²) in [5.74, 6) is -0.146. The Morgan fingerprint density at radius 1 is 1.24 bits per heavy atom. The highest BCUT2D eigenvalue weighted by atomic mass is 79.9. The second kappa shape index (κ2) is 5.34. The lowest BCUT2D eigenvalue weighted by Crippen LogP contribution is -2.13. The van der Waals surface area contributed by atoms with Crippen LogP contribution in [0.15, 0.2) is 38.2 Å². The molecule has 10 heteroatoms. The fourth-order valence-corrected chi connectivity index (χ4v) is 2.80. The number of sulfonamides is 1. The molecule has 2 rings (SSSR count). The smallest absolute Gasteiger partial charge is 0.336 e. The Hall–Kier alpha value is -1.55. The molecule has 0 saturated carbocycles. The molecular weight excluding hydrogens is 377 g/mol. The Bertz CT molecular complexity index is 754. The van der Waals surface area contributed by atoms with E-state index in [0.717, 1.165) is 12.1 Å². The van der Waals surface area contributed by atoms with Gasteiger partial charge in [-0.05, 0) is 47.1 Å². The maximum absolute atomic E-state index is 12.4. The Kier molecular flexibility index (Phi) is 4.02. The van der Waals surface area contributed by atoms with Gasteiger partial charge in [-0.15, -0.1) is 0 Å². The van der Waals surface area contributed by atoms with Gasteiger partial charge < -0.3 is 4.52 Å². The molecule has 0 radical (unpaired) electrons. The number of nitrogens with one attached hydrogen (secondary N) is 1. The molecule has 1 heterocycles. The number of benzene rings is 1. The number of anilines is 1. The van der Waals surface area contributed by atoms with Crippen molar-refractivity contribution in [3.63, 3.8) is 0 Å². The molecule has 114 valence electrons. The Morgan fingerprint density at radius 2 is 1.81 bits per heavy atom. The maximum Gasteiger partial charge on any atom is 0.416 e. The number of hydrogen-bond donors (Lipinski definition) is 1. The van der Waals surface area contributed by atoms with E-state index in [0.29, 0.717) is 22.3 Å². The Labute approximate surface area is 126 Å². The highest BCUT2D eigenvalue weighted by molar-refractivity contribution is 9.10. The zero-order valence-electron chi connectivity index (χ0n) is 10.4. The summed E-state index contributed by atoms with van der Waals surface area (Å²) < 4.78 is 68.5. The first-order valence-corrected chi connectivity index (χ1v) is 7.71. The van der Waals surface area contributed by atoms with Gasteiger partial charge in [0.2, 0.25) is 0 Å². The molecule has 0 spiro atoms. The fraction of sp³-hybridized carbons (Fsp3) is 0.182. The van der Waals surface area contributed by atoms with Crippen LogP contribution in [0.2, 0.25) is 0 Å². The summed E-state index contributed by atoms with van der Waals surface area (Å²) >= 11 is 3.08. The predicted octanol–water partition coefficient (Wildman–Crippen LogP) is 3.57. The highest BCUT2D eigenvalue weighted by Crippen LogP contribution is 2.31. The minimum absolute atomic E-state index is 0.146. The van der Waals surface area contributed by atoms with Gasteiger partial charge in [0, 0.05) is 0 Å². The lowest BCUT2D eigenvalue weighted by atomic mass is 10.2. The average molecular weight is 385 g/mol. The fourth-order valence-electron chi connectivity index (χ4n) is 1.43. The minimum Gasteiger partial charge on any atom is -0.336 e. The van der Waals surface area contributed by atoms with Crippen LogP contribution in [0.25, 0.3) is 0 Å². The third kappa shape index (κ3) is 3.38. The van der Waals surface area contributed by atoms with Crippen LogP contribution in [0.3, 0.4) is 0 Å². The number of alkyl halides is 3. The van der Waals surface area contributed by atoms with Crippen LogP contribution < -0.4 is 4.72 Å². The summed E-state index contributed by atoms with van der Waals surface area (Å²) in [4.78, 5) is -0.323. The zero-order valence-corrected chi connectivity index (χ0v) is 12.8. The minimum atomic E-state index is -4.53. The van der Waals surface area contributed by atoms with E-state index in [2.05, 4.69) is 25.8 Å². The van der Waals surface area contributed by atoms with Crippen molar-refractivity contribution in [1.82, 2.24) is 5.16 Å². The van der Waals surface area contributed by atoms with Gasteiger partial charge >= 0.3 is 6.18 Å². The molecule has 5 nitrogen and oxygen atoms in total. The standard InChI is InChI=1S/C11H8BrF3N2O3S/c1-6-9(12)10(20-16-6)17-21(18,19)8-4-2-7(3-5-8)11(13,14)15/h2-5,17H,1H3. The number of rotatable bonds is 3. The normalized spacial score (nSPS) is 12.4. The Morgan fingerprint density at radius 3 is 2.24 bits per heavy atom. The topological polar surface area (TPSA) is 72.2 Å². The van der Waals surface area contributed by atoms with Crippen molar-refractivity contribution in [3.05, 3.63) is 40.0 Å². The highest BCUT2D eigenvalue weighted by Gasteiger charge is 2.30.